The van der Waals surface area contributed by atoms with Gasteiger partial charge in [0.25, 0.3) is 5.56 Å². The number of aromatic amines is 1. The van der Waals surface area contributed by atoms with Gasteiger partial charge in [0.1, 0.15) is 6.04 Å². The number of H-pyrrole nitrogens is 1. The Labute approximate surface area is 186 Å². The second-order valence-corrected chi connectivity index (χ2v) is 7.98. The van der Waals surface area contributed by atoms with Crippen molar-refractivity contribution in [3.63, 3.8) is 0 Å². The molecule has 0 bridgehead atoms. The van der Waals surface area contributed by atoms with Gasteiger partial charge in [-0.3, -0.25) is 14.4 Å². The number of nitrogens with one attached hydrogen (secondary N) is 2. The molecule has 0 aliphatic heterocycles. The lowest BCUT2D eigenvalue weighted by Gasteiger charge is -2.29. The smallest absolute Gasteiger partial charge is 0.272 e. The fraction of sp³-hybridized carbons (Fsp3) is 0.333. The molecule has 3 rings (SSSR count). The van der Waals surface area contributed by atoms with Gasteiger partial charge in [-0.1, -0.05) is 62.4 Å². The molecule has 3 N–H and O–H groups in total. The van der Waals surface area contributed by atoms with Crippen molar-refractivity contribution in [2.45, 2.75) is 32.9 Å². The number of benzene rings is 2. The van der Waals surface area contributed by atoms with Gasteiger partial charge in [0, 0.05) is 18.5 Å². The number of hydrogen-bond donors (Lipinski definition) is 3. The van der Waals surface area contributed by atoms with Crippen molar-refractivity contribution in [1.29, 1.82) is 0 Å². The second kappa shape index (κ2) is 10.7. The van der Waals surface area contributed by atoms with Crippen LogP contribution in [0.25, 0.3) is 10.8 Å². The number of aromatic nitrogens is 2. The summed E-state index contributed by atoms with van der Waals surface area (Å²) in [6.07, 6.45) is -0.0769. The predicted molar refractivity (Wildman–Crippen MR) is 122 cm³/mol. The number of nitrogens with zero attached hydrogens (tertiary/aromatic N) is 2. The van der Waals surface area contributed by atoms with Crippen LogP contribution in [0.5, 0.6) is 0 Å². The van der Waals surface area contributed by atoms with Gasteiger partial charge in [0.2, 0.25) is 11.8 Å². The molecule has 168 valence electrons. The van der Waals surface area contributed by atoms with E-state index in [2.05, 4.69) is 15.5 Å². The van der Waals surface area contributed by atoms with E-state index >= 15 is 0 Å². The molecule has 32 heavy (non-hydrogen) atoms. The number of carbonyl (C=O) groups is 2. The van der Waals surface area contributed by atoms with Crippen LogP contribution < -0.4 is 10.9 Å². The number of amides is 2. The number of aliphatic hydroxyl groups excluding tert-OH is 1. The number of hydrogen-bond acceptors (Lipinski definition) is 5. The lowest BCUT2D eigenvalue weighted by Crippen LogP contribution is -2.52. The summed E-state index contributed by atoms with van der Waals surface area (Å²) >= 11 is 0. The first-order valence-corrected chi connectivity index (χ1v) is 10.6. The molecule has 2 aromatic carbocycles. The lowest BCUT2D eigenvalue weighted by molar-refractivity contribution is -0.138. The minimum absolute atomic E-state index is 0.0769. The van der Waals surface area contributed by atoms with Crippen molar-refractivity contribution in [2.24, 2.45) is 5.92 Å². The highest BCUT2D eigenvalue weighted by atomic mass is 16.3. The molecular weight excluding hydrogens is 408 g/mol. The molecular formula is C24H28N4O4. The molecule has 8 heteroatoms. The zero-order chi connectivity index (χ0) is 23.1. The fourth-order valence-electron chi connectivity index (χ4n) is 3.58. The largest absolute Gasteiger partial charge is 0.395 e. The van der Waals surface area contributed by atoms with Gasteiger partial charge >= 0.3 is 0 Å². The van der Waals surface area contributed by atoms with Crippen LogP contribution in [0.3, 0.4) is 0 Å². The number of carbonyl (C=O) groups excluding carboxylic acids is 2. The van der Waals surface area contributed by atoms with Crippen molar-refractivity contribution in [3.8, 4) is 0 Å². The van der Waals surface area contributed by atoms with E-state index in [9.17, 15) is 19.5 Å². The van der Waals surface area contributed by atoms with E-state index in [1.165, 1.54) is 0 Å². The van der Waals surface area contributed by atoms with Crippen molar-refractivity contribution in [1.82, 2.24) is 20.4 Å². The van der Waals surface area contributed by atoms with E-state index in [1.807, 2.05) is 44.2 Å². The first kappa shape index (κ1) is 23.1. The highest BCUT2D eigenvalue weighted by molar-refractivity contribution is 5.91. The first-order valence-electron chi connectivity index (χ1n) is 10.6. The standard InChI is InChI=1S/C24H28N4O4/c1-16(2)22(24(32)28(12-13-29)15-17-8-4-3-5-9-17)25-21(30)14-20-18-10-6-7-11-19(18)23(31)27-26-20/h3-11,16,22,29H,12-15H2,1-2H3,(H,25,30)(H,27,31). The SMILES string of the molecule is CC(C)C(NC(=O)Cc1n[nH]c(=O)c2ccccc12)C(=O)N(CCO)Cc1ccccc1. The monoisotopic (exact) mass is 436 g/mol. The van der Waals surface area contributed by atoms with E-state index in [4.69, 9.17) is 0 Å². The topological polar surface area (TPSA) is 115 Å². The van der Waals surface area contributed by atoms with Crippen LogP contribution in [-0.2, 0) is 22.6 Å². The number of fused-ring (bicyclic) bond motifs is 1. The highest BCUT2D eigenvalue weighted by Crippen LogP contribution is 2.14. The molecule has 1 atom stereocenters. The number of rotatable bonds is 9. The molecule has 0 fully saturated rings. The molecule has 0 saturated heterocycles. The molecule has 1 aromatic heterocycles. The summed E-state index contributed by atoms with van der Waals surface area (Å²) in [4.78, 5) is 39.6. The Balaban J connectivity index is 1.76. The summed E-state index contributed by atoms with van der Waals surface area (Å²) < 4.78 is 0. The Kier molecular flexibility index (Phi) is 7.72. The van der Waals surface area contributed by atoms with Gasteiger partial charge < -0.3 is 15.3 Å². The maximum Gasteiger partial charge on any atom is 0.272 e. The van der Waals surface area contributed by atoms with Gasteiger partial charge in [-0.25, -0.2) is 5.10 Å². The lowest BCUT2D eigenvalue weighted by atomic mass is 10.0. The Morgan fingerprint density at radius 2 is 1.72 bits per heavy atom. The summed E-state index contributed by atoms with van der Waals surface area (Å²) in [5.41, 5.74) is 1.05. The molecule has 1 unspecified atom stereocenters. The summed E-state index contributed by atoms with van der Waals surface area (Å²) in [6.45, 7) is 4.04. The Bertz CT molecular complexity index is 1130. The maximum absolute atomic E-state index is 13.3. The van der Waals surface area contributed by atoms with Crippen molar-refractivity contribution >= 4 is 22.6 Å². The van der Waals surface area contributed by atoms with Crippen LogP contribution in [0.15, 0.2) is 59.4 Å². The van der Waals surface area contributed by atoms with Crippen LogP contribution >= 0.6 is 0 Å². The van der Waals surface area contributed by atoms with Crippen LogP contribution in [-0.4, -0.2) is 51.2 Å². The third-order valence-corrected chi connectivity index (χ3v) is 5.25. The molecule has 0 aliphatic carbocycles. The zero-order valence-corrected chi connectivity index (χ0v) is 18.2. The zero-order valence-electron chi connectivity index (χ0n) is 18.2. The first-order chi connectivity index (χ1) is 15.4. The maximum atomic E-state index is 13.3. The molecule has 0 aliphatic rings. The third kappa shape index (κ3) is 5.59. The fourth-order valence-corrected chi connectivity index (χ4v) is 3.58. The molecule has 8 nitrogen and oxygen atoms in total. The second-order valence-electron chi connectivity index (χ2n) is 7.98. The van der Waals surface area contributed by atoms with E-state index in [0.29, 0.717) is 23.0 Å². The molecule has 0 radical (unpaired) electrons. The Morgan fingerprint density at radius 1 is 1.06 bits per heavy atom. The molecule has 0 spiro atoms. The van der Waals surface area contributed by atoms with Crippen LogP contribution in [0.1, 0.15) is 25.1 Å². The minimum Gasteiger partial charge on any atom is -0.395 e. The highest BCUT2D eigenvalue weighted by Gasteiger charge is 2.29. The summed E-state index contributed by atoms with van der Waals surface area (Å²) in [5.74, 6) is -0.792. The van der Waals surface area contributed by atoms with Gasteiger partial charge in [0.15, 0.2) is 0 Å². The quantitative estimate of drug-likeness (QED) is 0.472. The van der Waals surface area contributed by atoms with Crippen molar-refractivity contribution in [2.75, 3.05) is 13.2 Å². The van der Waals surface area contributed by atoms with Crippen LogP contribution in [0.4, 0.5) is 0 Å². The molecule has 1 heterocycles. The minimum atomic E-state index is -0.758. The predicted octanol–water partition coefficient (Wildman–Crippen LogP) is 1.63. The molecule has 0 saturated carbocycles. The molecule has 2 amide bonds. The van der Waals surface area contributed by atoms with Gasteiger partial charge in [0.05, 0.1) is 24.1 Å². The normalized spacial score (nSPS) is 12.0. The number of aliphatic hydroxyl groups is 1. The molecule has 3 aromatic rings. The van der Waals surface area contributed by atoms with E-state index in [0.717, 1.165) is 5.56 Å². The summed E-state index contributed by atoms with van der Waals surface area (Å²) in [7, 11) is 0. The van der Waals surface area contributed by atoms with Crippen LogP contribution in [0, 0.1) is 5.92 Å². The Hall–Kier alpha value is -3.52. The van der Waals surface area contributed by atoms with Crippen molar-refractivity contribution in [3.05, 3.63) is 76.2 Å². The summed E-state index contributed by atoms with van der Waals surface area (Å²) in [5, 5.41) is 19.8. The van der Waals surface area contributed by atoms with Gasteiger partial charge in [-0.15, -0.1) is 0 Å². The average molecular weight is 437 g/mol. The Morgan fingerprint density at radius 3 is 2.38 bits per heavy atom. The summed E-state index contributed by atoms with van der Waals surface area (Å²) in [6, 6.07) is 15.7. The van der Waals surface area contributed by atoms with E-state index in [1.54, 1.807) is 29.2 Å². The van der Waals surface area contributed by atoms with Gasteiger partial charge in [-0.2, -0.15) is 5.10 Å². The van der Waals surface area contributed by atoms with Crippen LogP contribution in [0.2, 0.25) is 0 Å². The van der Waals surface area contributed by atoms with E-state index in [-0.39, 0.29) is 42.9 Å². The van der Waals surface area contributed by atoms with E-state index < -0.39 is 6.04 Å². The van der Waals surface area contributed by atoms with Gasteiger partial charge in [-0.05, 0) is 17.5 Å². The average Bonchev–Trinajstić information content (AvgIpc) is 2.79. The van der Waals surface area contributed by atoms with Crippen molar-refractivity contribution < 1.29 is 14.7 Å². The third-order valence-electron chi connectivity index (χ3n) is 5.25.